The molecule has 1 saturated heterocycles. The van der Waals surface area contributed by atoms with Crippen LogP contribution in [0.4, 0.5) is 0 Å². The molecule has 0 spiro atoms. The Kier molecular flexibility index (Phi) is 2.85. The maximum Gasteiger partial charge on any atom is 0.212 e. The first-order valence-corrected chi connectivity index (χ1v) is 6.43. The summed E-state index contributed by atoms with van der Waals surface area (Å²) < 4.78 is 5.84. The Labute approximate surface area is 101 Å². The Morgan fingerprint density at radius 3 is 3.18 bits per heavy atom. The Bertz CT molecular complexity index is 510. The molecule has 1 aromatic heterocycles. The Hall–Kier alpha value is -1.35. The van der Waals surface area contributed by atoms with Crippen molar-refractivity contribution in [1.29, 1.82) is 0 Å². The Balaban J connectivity index is 1.93. The third-order valence-electron chi connectivity index (χ3n) is 3.42. The van der Waals surface area contributed by atoms with Gasteiger partial charge in [-0.3, -0.25) is 0 Å². The van der Waals surface area contributed by atoms with Gasteiger partial charge in [0.05, 0.1) is 6.04 Å². The van der Waals surface area contributed by atoms with Gasteiger partial charge in [-0.05, 0) is 44.0 Å². The van der Waals surface area contributed by atoms with Gasteiger partial charge >= 0.3 is 0 Å². The number of rotatable bonds is 1. The van der Waals surface area contributed by atoms with Crippen molar-refractivity contribution in [2.75, 3.05) is 6.54 Å². The number of aromatic nitrogens is 1. The van der Waals surface area contributed by atoms with Crippen LogP contribution in [0.15, 0.2) is 22.6 Å². The fraction of sp³-hybridized carbons (Fsp3) is 0.500. The van der Waals surface area contributed by atoms with Crippen LogP contribution in [0.1, 0.15) is 43.2 Å². The van der Waals surface area contributed by atoms with E-state index in [1.54, 1.807) is 0 Å². The summed E-state index contributed by atoms with van der Waals surface area (Å²) in [5.74, 6) is 0.854. The van der Waals surface area contributed by atoms with E-state index in [9.17, 15) is 0 Å². The van der Waals surface area contributed by atoms with Gasteiger partial charge in [-0.2, -0.15) is 0 Å². The van der Waals surface area contributed by atoms with Crippen LogP contribution >= 0.6 is 0 Å². The molecule has 0 radical (unpaired) electrons. The predicted octanol–water partition coefficient (Wildman–Crippen LogP) is 3.34. The molecular weight excluding hydrogens is 212 g/mol. The summed E-state index contributed by atoms with van der Waals surface area (Å²) in [7, 11) is 0. The molecule has 1 N–H and O–H groups in total. The molecule has 90 valence electrons. The predicted molar refractivity (Wildman–Crippen MR) is 68.0 cm³/mol. The van der Waals surface area contributed by atoms with Gasteiger partial charge in [-0.25, -0.2) is 4.98 Å². The molecule has 1 fully saturated rings. The second kappa shape index (κ2) is 4.49. The van der Waals surface area contributed by atoms with Crippen molar-refractivity contribution < 1.29 is 4.42 Å². The number of nitrogens with one attached hydrogen (secondary N) is 1. The Morgan fingerprint density at radius 2 is 2.24 bits per heavy atom. The summed E-state index contributed by atoms with van der Waals surface area (Å²) >= 11 is 0. The SMILES string of the molecule is Cc1ccc2oc(C3CCCCCN3)nc2c1. The normalized spacial score (nSPS) is 21.6. The van der Waals surface area contributed by atoms with Crippen molar-refractivity contribution in [3.05, 3.63) is 29.7 Å². The molecular formula is C14H18N2O. The van der Waals surface area contributed by atoms with E-state index in [0.717, 1.165) is 30.0 Å². The van der Waals surface area contributed by atoms with Crippen LogP contribution in [0.3, 0.4) is 0 Å². The standard InChI is InChI=1S/C14H18N2O/c1-10-6-7-13-12(9-10)16-14(17-13)11-5-3-2-4-8-15-11/h6-7,9,11,15H,2-5,8H2,1H3. The first kappa shape index (κ1) is 10.8. The summed E-state index contributed by atoms with van der Waals surface area (Å²) in [4.78, 5) is 4.61. The van der Waals surface area contributed by atoms with Crippen LogP contribution in [0.5, 0.6) is 0 Å². The van der Waals surface area contributed by atoms with Gasteiger partial charge in [-0.15, -0.1) is 0 Å². The van der Waals surface area contributed by atoms with Crippen molar-refractivity contribution >= 4 is 11.1 Å². The lowest BCUT2D eigenvalue weighted by Crippen LogP contribution is -2.20. The number of aryl methyl sites for hydroxylation is 1. The van der Waals surface area contributed by atoms with Gasteiger partial charge in [0.15, 0.2) is 5.58 Å². The van der Waals surface area contributed by atoms with Crippen molar-refractivity contribution in [1.82, 2.24) is 10.3 Å². The average molecular weight is 230 g/mol. The van der Waals surface area contributed by atoms with E-state index in [2.05, 4.69) is 29.4 Å². The zero-order valence-corrected chi connectivity index (χ0v) is 10.2. The molecule has 1 aliphatic heterocycles. The van der Waals surface area contributed by atoms with Crippen molar-refractivity contribution in [2.45, 2.75) is 38.6 Å². The van der Waals surface area contributed by atoms with Crippen LogP contribution < -0.4 is 5.32 Å². The summed E-state index contributed by atoms with van der Waals surface area (Å²) in [6.45, 7) is 3.15. The number of benzene rings is 1. The number of hydrogen-bond donors (Lipinski definition) is 1. The number of oxazole rings is 1. The molecule has 0 aliphatic carbocycles. The monoisotopic (exact) mass is 230 g/mol. The van der Waals surface area contributed by atoms with Crippen LogP contribution in [-0.4, -0.2) is 11.5 Å². The second-order valence-electron chi connectivity index (χ2n) is 4.88. The highest BCUT2D eigenvalue weighted by Gasteiger charge is 2.19. The molecule has 1 aromatic carbocycles. The largest absolute Gasteiger partial charge is 0.439 e. The zero-order chi connectivity index (χ0) is 11.7. The first-order chi connectivity index (χ1) is 8.33. The van der Waals surface area contributed by atoms with Crippen molar-refractivity contribution in [3.63, 3.8) is 0 Å². The number of nitrogens with zero attached hydrogens (tertiary/aromatic N) is 1. The molecule has 2 heterocycles. The molecule has 0 amide bonds. The third-order valence-corrected chi connectivity index (χ3v) is 3.42. The molecule has 17 heavy (non-hydrogen) atoms. The minimum absolute atomic E-state index is 0.296. The van der Waals surface area contributed by atoms with Crippen molar-refractivity contribution in [2.24, 2.45) is 0 Å². The van der Waals surface area contributed by atoms with E-state index in [0.29, 0.717) is 6.04 Å². The minimum Gasteiger partial charge on any atom is -0.439 e. The van der Waals surface area contributed by atoms with E-state index in [-0.39, 0.29) is 0 Å². The van der Waals surface area contributed by atoms with Gasteiger partial charge in [0.25, 0.3) is 0 Å². The topological polar surface area (TPSA) is 38.1 Å². The average Bonchev–Trinajstić information content (AvgIpc) is 2.57. The summed E-state index contributed by atoms with van der Waals surface area (Å²) in [6, 6.07) is 6.46. The van der Waals surface area contributed by atoms with E-state index in [1.807, 2.05) is 6.07 Å². The van der Waals surface area contributed by atoms with Crippen LogP contribution in [0.2, 0.25) is 0 Å². The fourth-order valence-corrected chi connectivity index (χ4v) is 2.44. The van der Waals surface area contributed by atoms with Gasteiger partial charge in [0.2, 0.25) is 5.89 Å². The molecule has 0 bridgehead atoms. The van der Waals surface area contributed by atoms with E-state index < -0.39 is 0 Å². The molecule has 1 aliphatic rings. The maximum atomic E-state index is 5.84. The second-order valence-corrected chi connectivity index (χ2v) is 4.88. The number of hydrogen-bond acceptors (Lipinski definition) is 3. The minimum atomic E-state index is 0.296. The van der Waals surface area contributed by atoms with Gasteiger partial charge in [-0.1, -0.05) is 18.9 Å². The summed E-state index contributed by atoms with van der Waals surface area (Å²) in [6.07, 6.45) is 4.96. The molecule has 3 rings (SSSR count). The van der Waals surface area contributed by atoms with Gasteiger partial charge < -0.3 is 9.73 Å². The highest BCUT2D eigenvalue weighted by molar-refractivity contribution is 5.73. The maximum absolute atomic E-state index is 5.84. The summed E-state index contributed by atoms with van der Waals surface area (Å²) in [5, 5.41) is 3.52. The van der Waals surface area contributed by atoms with E-state index >= 15 is 0 Å². The smallest absolute Gasteiger partial charge is 0.212 e. The van der Waals surface area contributed by atoms with Crippen molar-refractivity contribution in [3.8, 4) is 0 Å². The van der Waals surface area contributed by atoms with E-state index in [4.69, 9.17) is 4.42 Å². The fourth-order valence-electron chi connectivity index (χ4n) is 2.44. The zero-order valence-electron chi connectivity index (χ0n) is 10.2. The Morgan fingerprint density at radius 1 is 1.29 bits per heavy atom. The van der Waals surface area contributed by atoms with Gasteiger partial charge in [0.1, 0.15) is 5.52 Å². The molecule has 0 saturated carbocycles. The molecule has 3 heteroatoms. The summed E-state index contributed by atoms with van der Waals surface area (Å²) in [5.41, 5.74) is 3.11. The molecule has 3 nitrogen and oxygen atoms in total. The van der Waals surface area contributed by atoms with E-state index in [1.165, 1.54) is 24.8 Å². The molecule has 1 atom stereocenters. The lowest BCUT2D eigenvalue weighted by atomic mass is 10.1. The van der Waals surface area contributed by atoms with Gasteiger partial charge in [0, 0.05) is 0 Å². The lowest BCUT2D eigenvalue weighted by molar-refractivity contribution is 0.410. The first-order valence-electron chi connectivity index (χ1n) is 6.43. The third kappa shape index (κ3) is 2.20. The van der Waals surface area contributed by atoms with Crippen LogP contribution in [0, 0.1) is 6.92 Å². The highest BCUT2D eigenvalue weighted by atomic mass is 16.3. The van der Waals surface area contributed by atoms with Crippen LogP contribution in [0.25, 0.3) is 11.1 Å². The molecule has 2 aromatic rings. The quantitative estimate of drug-likeness (QED) is 0.816. The lowest BCUT2D eigenvalue weighted by Gasteiger charge is -2.10. The highest BCUT2D eigenvalue weighted by Crippen LogP contribution is 2.25. The molecule has 1 unspecified atom stereocenters. The number of fused-ring (bicyclic) bond motifs is 1. The van der Waals surface area contributed by atoms with Crippen LogP contribution in [-0.2, 0) is 0 Å².